The SMILES string of the molecule is COc1ccc(-c2cnc(C(=O)NC3CC4CC3CN4)s2)cc1. The number of aromatic nitrogens is 1. The molecule has 1 aromatic carbocycles. The van der Waals surface area contributed by atoms with Crippen LogP contribution in [0.15, 0.2) is 30.5 Å². The fraction of sp³-hybridized carbons (Fsp3) is 0.412. The summed E-state index contributed by atoms with van der Waals surface area (Å²) in [6.07, 6.45) is 3.98. The Balaban J connectivity index is 1.45. The fourth-order valence-corrected chi connectivity index (χ4v) is 4.33. The highest BCUT2D eigenvalue weighted by molar-refractivity contribution is 7.16. The molecule has 1 saturated heterocycles. The Hall–Kier alpha value is -1.92. The summed E-state index contributed by atoms with van der Waals surface area (Å²) >= 11 is 1.43. The molecule has 4 rings (SSSR count). The van der Waals surface area contributed by atoms with Crippen LogP contribution in [0.1, 0.15) is 22.6 Å². The molecule has 2 heterocycles. The molecular formula is C17H19N3O2S. The summed E-state index contributed by atoms with van der Waals surface area (Å²) in [5.41, 5.74) is 1.05. The van der Waals surface area contributed by atoms with Crippen LogP contribution in [0.3, 0.4) is 0 Å². The Morgan fingerprint density at radius 1 is 1.35 bits per heavy atom. The van der Waals surface area contributed by atoms with Crippen LogP contribution in [0.5, 0.6) is 5.75 Å². The molecular weight excluding hydrogens is 310 g/mol. The summed E-state index contributed by atoms with van der Waals surface area (Å²) in [6.45, 7) is 1.02. The molecule has 1 aliphatic heterocycles. The molecule has 2 aromatic rings. The molecule has 23 heavy (non-hydrogen) atoms. The third kappa shape index (κ3) is 2.84. The summed E-state index contributed by atoms with van der Waals surface area (Å²) in [6, 6.07) is 8.66. The number of hydrogen-bond donors (Lipinski definition) is 2. The maximum Gasteiger partial charge on any atom is 0.280 e. The molecule has 2 aliphatic rings. The van der Waals surface area contributed by atoms with E-state index in [9.17, 15) is 4.79 Å². The minimum atomic E-state index is -0.0488. The van der Waals surface area contributed by atoms with Gasteiger partial charge in [-0.15, -0.1) is 11.3 Å². The van der Waals surface area contributed by atoms with E-state index in [0.717, 1.165) is 29.2 Å². The maximum absolute atomic E-state index is 12.4. The number of piperidine rings is 1. The van der Waals surface area contributed by atoms with Gasteiger partial charge >= 0.3 is 0 Å². The van der Waals surface area contributed by atoms with Crippen LogP contribution in [0.4, 0.5) is 0 Å². The Labute approximate surface area is 139 Å². The number of rotatable bonds is 4. The lowest BCUT2D eigenvalue weighted by Gasteiger charge is -2.22. The van der Waals surface area contributed by atoms with Gasteiger partial charge < -0.3 is 15.4 Å². The van der Waals surface area contributed by atoms with E-state index in [4.69, 9.17) is 4.74 Å². The predicted octanol–water partition coefficient (Wildman–Crippen LogP) is 2.30. The van der Waals surface area contributed by atoms with Crippen molar-refractivity contribution in [1.82, 2.24) is 15.6 Å². The molecule has 2 fully saturated rings. The highest BCUT2D eigenvalue weighted by Gasteiger charge is 2.40. The van der Waals surface area contributed by atoms with E-state index in [1.54, 1.807) is 13.3 Å². The molecule has 3 atom stereocenters. The molecule has 1 amide bonds. The van der Waals surface area contributed by atoms with E-state index >= 15 is 0 Å². The summed E-state index contributed by atoms with van der Waals surface area (Å²) in [7, 11) is 1.65. The number of amides is 1. The van der Waals surface area contributed by atoms with Gasteiger partial charge in [0.05, 0.1) is 12.0 Å². The highest BCUT2D eigenvalue weighted by Crippen LogP contribution is 2.32. The number of benzene rings is 1. The largest absolute Gasteiger partial charge is 0.497 e. The van der Waals surface area contributed by atoms with Gasteiger partial charge in [-0.3, -0.25) is 4.79 Å². The topological polar surface area (TPSA) is 63.2 Å². The third-order valence-electron chi connectivity index (χ3n) is 4.75. The van der Waals surface area contributed by atoms with E-state index in [1.807, 2.05) is 24.3 Å². The zero-order valence-corrected chi connectivity index (χ0v) is 13.7. The van der Waals surface area contributed by atoms with Crippen molar-refractivity contribution in [3.63, 3.8) is 0 Å². The minimum absolute atomic E-state index is 0.0488. The van der Waals surface area contributed by atoms with Gasteiger partial charge in [0.1, 0.15) is 5.75 Å². The van der Waals surface area contributed by atoms with Crippen LogP contribution >= 0.6 is 11.3 Å². The van der Waals surface area contributed by atoms with E-state index in [0.29, 0.717) is 23.0 Å². The van der Waals surface area contributed by atoms with Gasteiger partial charge in [0.2, 0.25) is 0 Å². The second-order valence-electron chi connectivity index (χ2n) is 6.17. The lowest BCUT2D eigenvalue weighted by atomic mass is 10.0. The second kappa shape index (κ2) is 5.94. The predicted molar refractivity (Wildman–Crippen MR) is 89.9 cm³/mol. The molecule has 6 heteroatoms. The van der Waals surface area contributed by atoms with Crippen LogP contribution in [-0.4, -0.2) is 36.6 Å². The molecule has 5 nitrogen and oxygen atoms in total. The molecule has 0 spiro atoms. The lowest BCUT2D eigenvalue weighted by Crippen LogP contribution is -2.44. The first-order valence-corrected chi connectivity index (χ1v) is 8.69. The number of fused-ring (bicyclic) bond motifs is 2. The summed E-state index contributed by atoms with van der Waals surface area (Å²) in [5, 5.41) is 7.15. The standard InChI is InChI=1S/C17H19N3O2S/c1-22-13-4-2-10(3-5-13)15-9-19-17(23-15)16(21)20-14-7-12-6-11(14)8-18-12/h2-5,9,11-12,14,18H,6-8H2,1H3,(H,20,21). The second-order valence-corrected chi connectivity index (χ2v) is 7.21. The van der Waals surface area contributed by atoms with E-state index in [-0.39, 0.29) is 5.91 Å². The van der Waals surface area contributed by atoms with Crippen molar-refractivity contribution in [2.75, 3.05) is 13.7 Å². The molecule has 0 radical (unpaired) electrons. The average Bonchev–Trinajstić information content (AvgIpc) is 3.31. The summed E-state index contributed by atoms with van der Waals surface area (Å²) in [5.74, 6) is 1.35. The van der Waals surface area contributed by atoms with Crippen LogP contribution in [0.2, 0.25) is 0 Å². The zero-order chi connectivity index (χ0) is 15.8. The molecule has 120 valence electrons. The zero-order valence-electron chi connectivity index (χ0n) is 12.9. The van der Waals surface area contributed by atoms with Crippen molar-refractivity contribution in [1.29, 1.82) is 0 Å². The monoisotopic (exact) mass is 329 g/mol. The molecule has 3 unspecified atom stereocenters. The Kier molecular flexibility index (Phi) is 3.79. The van der Waals surface area contributed by atoms with Crippen molar-refractivity contribution >= 4 is 17.2 Å². The number of hydrogen-bond acceptors (Lipinski definition) is 5. The number of nitrogens with zero attached hydrogens (tertiary/aromatic N) is 1. The first-order valence-electron chi connectivity index (χ1n) is 7.87. The Morgan fingerprint density at radius 3 is 2.83 bits per heavy atom. The van der Waals surface area contributed by atoms with Crippen molar-refractivity contribution in [3.05, 3.63) is 35.5 Å². The van der Waals surface area contributed by atoms with Gasteiger partial charge in [0.25, 0.3) is 5.91 Å². The molecule has 1 aliphatic carbocycles. The van der Waals surface area contributed by atoms with Crippen molar-refractivity contribution in [2.24, 2.45) is 5.92 Å². The normalized spacial score (nSPS) is 25.5. The van der Waals surface area contributed by atoms with E-state index in [1.165, 1.54) is 17.8 Å². The Bertz CT molecular complexity index is 713. The van der Waals surface area contributed by atoms with Crippen molar-refractivity contribution in [3.8, 4) is 16.2 Å². The third-order valence-corrected chi connectivity index (χ3v) is 5.80. The number of thiazole rings is 1. The first kappa shape index (κ1) is 14.7. The molecule has 1 saturated carbocycles. The molecule has 2 bridgehead atoms. The molecule has 2 N–H and O–H groups in total. The van der Waals surface area contributed by atoms with Gasteiger partial charge in [-0.05, 0) is 48.6 Å². The summed E-state index contributed by atoms with van der Waals surface area (Å²) < 4.78 is 5.17. The fourth-order valence-electron chi connectivity index (χ4n) is 3.51. The average molecular weight is 329 g/mol. The van der Waals surface area contributed by atoms with E-state index < -0.39 is 0 Å². The van der Waals surface area contributed by atoms with E-state index in [2.05, 4.69) is 15.6 Å². The van der Waals surface area contributed by atoms with Gasteiger partial charge in [-0.25, -0.2) is 4.98 Å². The Morgan fingerprint density at radius 2 is 2.17 bits per heavy atom. The van der Waals surface area contributed by atoms with Gasteiger partial charge in [-0.2, -0.15) is 0 Å². The quantitative estimate of drug-likeness (QED) is 0.903. The smallest absolute Gasteiger partial charge is 0.280 e. The van der Waals surface area contributed by atoms with Gasteiger partial charge in [0, 0.05) is 24.8 Å². The van der Waals surface area contributed by atoms with Crippen molar-refractivity contribution in [2.45, 2.75) is 24.9 Å². The van der Waals surface area contributed by atoms with Crippen molar-refractivity contribution < 1.29 is 9.53 Å². The number of carbonyl (C=O) groups is 1. The molecule has 1 aromatic heterocycles. The van der Waals surface area contributed by atoms with Crippen LogP contribution in [-0.2, 0) is 0 Å². The maximum atomic E-state index is 12.4. The number of carbonyl (C=O) groups excluding carboxylic acids is 1. The summed E-state index contributed by atoms with van der Waals surface area (Å²) in [4.78, 5) is 17.7. The minimum Gasteiger partial charge on any atom is -0.497 e. The highest BCUT2D eigenvalue weighted by atomic mass is 32.1. The van der Waals surface area contributed by atoms with Crippen LogP contribution in [0, 0.1) is 5.92 Å². The number of nitrogens with one attached hydrogen (secondary N) is 2. The van der Waals surface area contributed by atoms with Crippen LogP contribution in [0.25, 0.3) is 10.4 Å². The first-order chi connectivity index (χ1) is 11.2. The van der Waals surface area contributed by atoms with Gasteiger partial charge in [0.15, 0.2) is 5.01 Å². The number of ether oxygens (including phenoxy) is 1. The van der Waals surface area contributed by atoms with Gasteiger partial charge in [-0.1, -0.05) is 0 Å². The van der Waals surface area contributed by atoms with Crippen LogP contribution < -0.4 is 15.4 Å². The lowest BCUT2D eigenvalue weighted by molar-refractivity contribution is 0.0924. The number of methoxy groups -OCH3 is 1.